The molecule has 2 aromatic heterocycles. The van der Waals surface area contributed by atoms with Gasteiger partial charge in [0.15, 0.2) is 5.82 Å². The molecule has 0 radical (unpaired) electrons. The second-order valence-electron chi connectivity index (χ2n) is 4.83. The van der Waals surface area contributed by atoms with Crippen molar-refractivity contribution in [3.05, 3.63) is 34.6 Å². The molecule has 98 valence electrons. The number of nitrogens with zero attached hydrogens (tertiary/aromatic N) is 3. The molecule has 0 aliphatic heterocycles. The van der Waals surface area contributed by atoms with Gasteiger partial charge < -0.3 is 5.73 Å². The molecule has 3 rings (SSSR count). The Bertz CT molecular complexity index is 579. The van der Waals surface area contributed by atoms with Gasteiger partial charge in [-0.15, -0.1) is 0 Å². The molecule has 2 aromatic rings. The van der Waals surface area contributed by atoms with Crippen LogP contribution in [-0.4, -0.2) is 15.0 Å². The summed E-state index contributed by atoms with van der Waals surface area (Å²) >= 11 is 3.53. The fraction of sp³-hybridized carbons (Fsp3) is 0.357. The largest absolute Gasteiger partial charge is 0.383 e. The van der Waals surface area contributed by atoms with Crippen LogP contribution in [0.2, 0.25) is 0 Å². The highest BCUT2D eigenvalue weighted by Gasteiger charge is 2.23. The van der Waals surface area contributed by atoms with Crippen molar-refractivity contribution in [2.45, 2.75) is 31.6 Å². The fourth-order valence-corrected chi connectivity index (χ4v) is 3.06. The number of hydrogen-bond donors (Lipinski definition) is 1. The molecule has 0 saturated heterocycles. The normalized spacial score (nSPS) is 15.8. The lowest BCUT2D eigenvalue weighted by molar-refractivity contribution is 0.691. The minimum absolute atomic E-state index is 0.488. The Labute approximate surface area is 120 Å². The molecule has 1 aliphatic carbocycles. The van der Waals surface area contributed by atoms with Crippen molar-refractivity contribution in [1.82, 2.24) is 15.0 Å². The molecule has 5 heteroatoms. The van der Waals surface area contributed by atoms with Crippen LogP contribution in [0, 0.1) is 0 Å². The van der Waals surface area contributed by atoms with Gasteiger partial charge in [0.1, 0.15) is 11.5 Å². The van der Waals surface area contributed by atoms with Gasteiger partial charge in [-0.2, -0.15) is 0 Å². The summed E-state index contributed by atoms with van der Waals surface area (Å²) in [6.45, 7) is 0. The molecular formula is C14H15BrN4. The Morgan fingerprint density at radius 2 is 1.95 bits per heavy atom. The van der Waals surface area contributed by atoms with Crippen LogP contribution in [0.25, 0.3) is 11.5 Å². The lowest BCUT2D eigenvalue weighted by Crippen LogP contribution is -2.06. The molecule has 1 saturated carbocycles. The number of hydrogen-bond acceptors (Lipinski definition) is 4. The Balaban J connectivity index is 2.07. The van der Waals surface area contributed by atoms with Gasteiger partial charge in [-0.25, -0.2) is 9.97 Å². The number of anilines is 1. The third-order valence-electron chi connectivity index (χ3n) is 3.54. The predicted molar refractivity (Wildman–Crippen MR) is 78.6 cm³/mol. The summed E-state index contributed by atoms with van der Waals surface area (Å²) < 4.78 is 0.846. The first-order chi connectivity index (χ1) is 9.25. The molecule has 0 spiro atoms. The lowest BCUT2D eigenvalue weighted by Gasteiger charge is -2.13. The van der Waals surface area contributed by atoms with Gasteiger partial charge in [0, 0.05) is 12.1 Å². The zero-order valence-corrected chi connectivity index (χ0v) is 12.1. The molecule has 0 aromatic carbocycles. The first-order valence-electron chi connectivity index (χ1n) is 6.50. The van der Waals surface area contributed by atoms with E-state index in [1.807, 2.05) is 18.2 Å². The fourth-order valence-electron chi connectivity index (χ4n) is 2.56. The average molecular weight is 319 g/mol. The first-order valence-corrected chi connectivity index (χ1v) is 7.29. The molecule has 1 fully saturated rings. The van der Waals surface area contributed by atoms with E-state index >= 15 is 0 Å². The highest BCUT2D eigenvalue weighted by molar-refractivity contribution is 9.10. The van der Waals surface area contributed by atoms with Crippen LogP contribution in [0.15, 0.2) is 28.9 Å². The van der Waals surface area contributed by atoms with Gasteiger partial charge in [-0.1, -0.05) is 18.9 Å². The van der Waals surface area contributed by atoms with Crippen molar-refractivity contribution in [2.75, 3.05) is 5.73 Å². The smallest absolute Gasteiger partial charge is 0.180 e. The van der Waals surface area contributed by atoms with Gasteiger partial charge in [0.05, 0.1) is 10.2 Å². The monoisotopic (exact) mass is 318 g/mol. The number of nitrogens with two attached hydrogens (primary N) is 1. The SMILES string of the molecule is Nc1nc(-c2ccccn2)nc(C2CCCC2)c1Br. The maximum Gasteiger partial charge on any atom is 0.180 e. The second-order valence-corrected chi connectivity index (χ2v) is 5.62. The highest BCUT2D eigenvalue weighted by Crippen LogP contribution is 2.38. The molecule has 0 atom stereocenters. The van der Waals surface area contributed by atoms with Crippen LogP contribution in [0.4, 0.5) is 5.82 Å². The quantitative estimate of drug-likeness (QED) is 0.919. The van der Waals surface area contributed by atoms with Gasteiger partial charge in [-0.05, 0) is 40.9 Å². The minimum Gasteiger partial charge on any atom is -0.383 e. The number of pyridine rings is 1. The zero-order valence-electron chi connectivity index (χ0n) is 10.5. The number of halogens is 1. The number of rotatable bonds is 2. The van der Waals surface area contributed by atoms with E-state index in [0.717, 1.165) is 15.9 Å². The van der Waals surface area contributed by atoms with Crippen molar-refractivity contribution >= 4 is 21.7 Å². The first kappa shape index (κ1) is 12.5. The van der Waals surface area contributed by atoms with E-state index < -0.39 is 0 Å². The zero-order chi connectivity index (χ0) is 13.2. The van der Waals surface area contributed by atoms with Crippen molar-refractivity contribution in [3.8, 4) is 11.5 Å². The summed E-state index contributed by atoms with van der Waals surface area (Å²) in [5, 5.41) is 0. The van der Waals surface area contributed by atoms with Crippen LogP contribution in [-0.2, 0) is 0 Å². The van der Waals surface area contributed by atoms with Crippen LogP contribution < -0.4 is 5.73 Å². The Morgan fingerprint density at radius 1 is 1.16 bits per heavy atom. The Kier molecular flexibility index (Phi) is 3.46. The van der Waals surface area contributed by atoms with E-state index in [0.29, 0.717) is 17.6 Å². The summed E-state index contributed by atoms with van der Waals surface area (Å²) in [4.78, 5) is 13.3. The summed E-state index contributed by atoms with van der Waals surface area (Å²) in [6, 6.07) is 5.71. The number of nitrogen functional groups attached to an aromatic ring is 1. The molecular weight excluding hydrogens is 304 g/mol. The molecule has 0 unspecified atom stereocenters. The standard InChI is InChI=1S/C14H15BrN4/c15-11-12(9-5-1-2-6-9)18-14(19-13(11)16)10-7-3-4-8-17-10/h3-4,7-9H,1-2,5-6H2,(H2,16,18,19). The second kappa shape index (κ2) is 5.25. The third kappa shape index (κ3) is 2.47. The van der Waals surface area contributed by atoms with Gasteiger partial charge in [0.25, 0.3) is 0 Å². The van der Waals surface area contributed by atoms with Crippen LogP contribution in [0.1, 0.15) is 37.3 Å². The Hall–Kier alpha value is -1.49. The van der Waals surface area contributed by atoms with Crippen molar-refractivity contribution in [1.29, 1.82) is 0 Å². The third-order valence-corrected chi connectivity index (χ3v) is 4.35. The van der Waals surface area contributed by atoms with E-state index in [9.17, 15) is 0 Å². The van der Waals surface area contributed by atoms with Gasteiger partial charge in [0.2, 0.25) is 0 Å². The van der Waals surface area contributed by atoms with E-state index in [1.54, 1.807) is 6.20 Å². The predicted octanol–water partition coefficient (Wildman–Crippen LogP) is 3.54. The molecule has 2 heterocycles. The van der Waals surface area contributed by atoms with Crippen molar-refractivity contribution in [2.24, 2.45) is 0 Å². The number of aromatic nitrogens is 3. The van der Waals surface area contributed by atoms with Gasteiger partial charge >= 0.3 is 0 Å². The molecule has 19 heavy (non-hydrogen) atoms. The topological polar surface area (TPSA) is 64.7 Å². The summed E-state index contributed by atoms with van der Waals surface area (Å²) in [5.41, 5.74) is 7.80. The molecule has 0 amide bonds. The van der Waals surface area contributed by atoms with E-state index in [4.69, 9.17) is 5.73 Å². The Morgan fingerprint density at radius 3 is 2.63 bits per heavy atom. The van der Waals surface area contributed by atoms with Crippen LogP contribution in [0.3, 0.4) is 0 Å². The molecule has 4 nitrogen and oxygen atoms in total. The highest BCUT2D eigenvalue weighted by atomic mass is 79.9. The van der Waals surface area contributed by atoms with Crippen molar-refractivity contribution in [3.63, 3.8) is 0 Å². The molecule has 2 N–H and O–H groups in total. The van der Waals surface area contributed by atoms with Crippen molar-refractivity contribution < 1.29 is 0 Å². The molecule has 0 bridgehead atoms. The van der Waals surface area contributed by atoms with E-state index in [-0.39, 0.29) is 0 Å². The summed E-state index contributed by atoms with van der Waals surface area (Å²) in [7, 11) is 0. The van der Waals surface area contributed by atoms with E-state index in [1.165, 1.54) is 25.7 Å². The van der Waals surface area contributed by atoms with E-state index in [2.05, 4.69) is 30.9 Å². The van der Waals surface area contributed by atoms with Gasteiger partial charge in [-0.3, -0.25) is 4.98 Å². The van der Waals surface area contributed by atoms with Crippen LogP contribution in [0.5, 0.6) is 0 Å². The summed E-state index contributed by atoms with van der Waals surface area (Å²) in [6.07, 6.45) is 6.62. The minimum atomic E-state index is 0.488. The van der Waals surface area contributed by atoms with Crippen LogP contribution >= 0.6 is 15.9 Å². The molecule has 1 aliphatic rings. The maximum atomic E-state index is 6.00. The average Bonchev–Trinajstić information content (AvgIpc) is 2.96. The summed E-state index contributed by atoms with van der Waals surface area (Å²) in [5.74, 6) is 1.60. The lowest BCUT2D eigenvalue weighted by atomic mass is 10.0. The maximum absolute atomic E-state index is 6.00.